The van der Waals surface area contributed by atoms with Crippen molar-refractivity contribution in [2.45, 2.75) is 27.2 Å². The van der Waals surface area contributed by atoms with E-state index in [9.17, 15) is 9.18 Å². The Morgan fingerprint density at radius 2 is 1.89 bits per heavy atom. The van der Waals surface area contributed by atoms with E-state index >= 15 is 0 Å². The van der Waals surface area contributed by atoms with Crippen LogP contribution in [0.4, 0.5) is 4.39 Å². The molecule has 2 N–H and O–H groups in total. The predicted molar refractivity (Wildman–Crippen MR) is 68.5 cm³/mol. The third-order valence-corrected chi connectivity index (χ3v) is 3.86. The summed E-state index contributed by atoms with van der Waals surface area (Å²) < 4.78 is 14.2. The highest BCUT2D eigenvalue weighted by Crippen LogP contribution is 2.34. The van der Waals surface area contributed by atoms with Crippen molar-refractivity contribution in [3.8, 4) is 0 Å². The molecule has 0 spiro atoms. The van der Waals surface area contributed by atoms with Crippen molar-refractivity contribution in [3.05, 3.63) is 33.8 Å². The Bertz CT molecular complexity index is 685. The molecule has 0 unspecified atom stereocenters. The highest BCUT2D eigenvalue weighted by molar-refractivity contribution is 6.10. The molecule has 94 valence electrons. The maximum absolute atomic E-state index is 14.2. The van der Waals surface area contributed by atoms with E-state index in [0.29, 0.717) is 23.2 Å². The molecule has 1 aliphatic rings. The maximum Gasteiger partial charge on any atom is 0.252 e. The Morgan fingerprint density at radius 3 is 2.61 bits per heavy atom. The van der Waals surface area contributed by atoms with E-state index in [1.807, 2.05) is 6.92 Å². The average molecular weight is 246 g/mol. The van der Waals surface area contributed by atoms with Gasteiger partial charge in [-0.05, 0) is 38.3 Å². The number of benzene rings is 1. The Balaban J connectivity index is 2.58. The summed E-state index contributed by atoms with van der Waals surface area (Å²) in [5.41, 5.74) is 4.44. The zero-order chi connectivity index (χ0) is 13.0. The topological polar surface area (TPSA) is 44.9 Å². The fraction of sp³-hybridized carbons (Fsp3) is 0.357. The van der Waals surface area contributed by atoms with Crippen molar-refractivity contribution in [2.24, 2.45) is 0 Å². The van der Waals surface area contributed by atoms with Gasteiger partial charge in [-0.25, -0.2) is 4.39 Å². The minimum atomic E-state index is -0.289. The van der Waals surface area contributed by atoms with Crippen molar-refractivity contribution in [1.29, 1.82) is 0 Å². The minimum Gasteiger partial charge on any atom is -0.358 e. The highest BCUT2D eigenvalue weighted by Gasteiger charge is 2.26. The van der Waals surface area contributed by atoms with Crippen LogP contribution >= 0.6 is 0 Å². The second-order valence-electron chi connectivity index (χ2n) is 4.92. The summed E-state index contributed by atoms with van der Waals surface area (Å²) in [5.74, 6) is -0.462. The van der Waals surface area contributed by atoms with Crippen LogP contribution < -0.4 is 5.32 Å². The normalized spacial score (nSPS) is 14.8. The van der Waals surface area contributed by atoms with Crippen LogP contribution in [0.5, 0.6) is 0 Å². The van der Waals surface area contributed by atoms with Crippen molar-refractivity contribution in [1.82, 2.24) is 10.3 Å². The number of aromatic amines is 1. The number of H-pyrrole nitrogens is 1. The van der Waals surface area contributed by atoms with E-state index in [2.05, 4.69) is 10.3 Å². The van der Waals surface area contributed by atoms with Crippen LogP contribution in [-0.4, -0.2) is 17.4 Å². The molecule has 1 aliphatic heterocycles. The van der Waals surface area contributed by atoms with Gasteiger partial charge in [0.2, 0.25) is 0 Å². The molecule has 2 aromatic rings. The van der Waals surface area contributed by atoms with Crippen LogP contribution in [0, 0.1) is 26.6 Å². The largest absolute Gasteiger partial charge is 0.358 e. The predicted octanol–water partition coefficient (Wildman–Crippen LogP) is 2.52. The Kier molecular flexibility index (Phi) is 2.24. The molecule has 3 nitrogen and oxygen atoms in total. The monoisotopic (exact) mass is 246 g/mol. The maximum atomic E-state index is 14.2. The number of amides is 1. The van der Waals surface area contributed by atoms with Crippen LogP contribution in [0.2, 0.25) is 0 Å². The highest BCUT2D eigenvalue weighted by atomic mass is 19.1. The number of aromatic nitrogens is 1. The molecule has 1 aromatic heterocycles. The fourth-order valence-corrected chi connectivity index (χ4v) is 2.89. The van der Waals surface area contributed by atoms with Gasteiger partial charge in [0.1, 0.15) is 5.82 Å². The number of halogens is 1. The van der Waals surface area contributed by atoms with Gasteiger partial charge >= 0.3 is 0 Å². The Hall–Kier alpha value is -1.84. The number of hydrogen-bond acceptors (Lipinski definition) is 1. The molecular weight excluding hydrogens is 231 g/mol. The van der Waals surface area contributed by atoms with Gasteiger partial charge < -0.3 is 10.3 Å². The molecule has 3 rings (SSSR count). The molecule has 0 aliphatic carbocycles. The van der Waals surface area contributed by atoms with Crippen LogP contribution in [-0.2, 0) is 6.42 Å². The standard InChI is InChI=1S/C14H15FN2O/c1-6-10-11-9(4-5-16-14(10)18)8(3)17-13(11)7(2)12(6)15/h17H,4-5H2,1-3H3,(H,16,18). The Labute approximate surface area is 104 Å². The van der Waals surface area contributed by atoms with Gasteiger partial charge in [-0.3, -0.25) is 4.79 Å². The van der Waals surface area contributed by atoms with Crippen molar-refractivity contribution in [2.75, 3.05) is 6.54 Å². The summed E-state index contributed by atoms with van der Waals surface area (Å²) in [5, 5.41) is 3.73. The summed E-state index contributed by atoms with van der Waals surface area (Å²) in [4.78, 5) is 15.3. The van der Waals surface area contributed by atoms with Crippen LogP contribution in [0.1, 0.15) is 32.7 Å². The second-order valence-corrected chi connectivity index (χ2v) is 4.92. The molecule has 0 bridgehead atoms. The molecule has 1 amide bonds. The number of rotatable bonds is 0. The summed E-state index contributed by atoms with van der Waals surface area (Å²) >= 11 is 0. The smallest absolute Gasteiger partial charge is 0.252 e. The van der Waals surface area contributed by atoms with Gasteiger partial charge in [0.05, 0.1) is 11.1 Å². The minimum absolute atomic E-state index is 0.172. The lowest BCUT2D eigenvalue weighted by Crippen LogP contribution is -2.24. The molecule has 4 heteroatoms. The molecule has 2 heterocycles. The number of carbonyl (C=O) groups excluding carboxylic acids is 1. The first-order chi connectivity index (χ1) is 8.52. The van der Waals surface area contributed by atoms with E-state index in [1.54, 1.807) is 13.8 Å². The quantitative estimate of drug-likeness (QED) is 0.737. The summed E-state index contributed by atoms with van der Waals surface area (Å²) in [7, 11) is 0. The summed E-state index contributed by atoms with van der Waals surface area (Å²) in [6.07, 6.45) is 0.787. The molecule has 18 heavy (non-hydrogen) atoms. The van der Waals surface area contributed by atoms with E-state index < -0.39 is 0 Å². The summed E-state index contributed by atoms with van der Waals surface area (Å²) in [6, 6.07) is 0. The lowest BCUT2D eigenvalue weighted by molar-refractivity contribution is 0.0956. The first-order valence-corrected chi connectivity index (χ1v) is 6.10. The molecule has 0 saturated carbocycles. The van der Waals surface area contributed by atoms with E-state index in [1.165, 1.54) is 0 Å². The van der Waals surface area contributed by atoms with Crippen LogP contribution in [0.25, 0.3) is 10.9 Å². The molecule has 1 aromatic carbocycles. The molecule has 0 saturated heterocycles. The first kappa shape index (κ1) is 11.3. The third-order valence-electron chi connectivity index (χ3n) is 3.86. The summed E-state index contributed by atoms with van der Waals surface area (Å²) in [6.45, 7) is 6.00. The SMILES string of the molecule is Cc1[nH]c2c(C)c(F)c(C)c3c2c1CCNC3=O. The molecular formula is C14H15FN2O. The van der Waals surface area contributed by atoms with E-state index in [-0.39, 0.29) is 11.7 Å². The Morgan fingerprint density at radius 1 is 1.17 bits per heavy atom. The molecule has 0 radical (unpaired) electrons. The second kappa shape index (κ2) is 3.57. The average Bonchev–Trinajstić information content (AvgIpc) is 2.55. The van der Waals surface area contributed by atoms with E-state index in [0.717, 1.165) is 28.6 Å². The lowest BCUT2D eigenvalue weighted by Gasteiger charge is -2.10. The van der Waals surface area contributed by atoms with Gasteiger partial charge in [-0.2, -0.15) is 0 Å². The van der Waals surface area contributed by atoms with E-state index in [4.69, 9.17) is 0 Å². The van der Waals surface area contributed by atoms with Crippen LogP contribution in [0.3, 0.4) is 0 Å². The van der Waals surface area contributed by atoms with Crippen molar-refractivity contribution < 1.29 is 9.18 Å². The number of aryl methyl sites for hydroxylation is 2. The van der Waals surface area contributed by atoms with Gasteiger partial charge in [0, 0.05) is 23.2 Å². The van der Waals surface area contributed by atoms with Crippen molar-refractivity contribution in [3.63, 3.8) is 0 Å². The zero-order valence-corrected chi connectivity index (χ0v) is 10.7. The van der Waals surface area contributed by atoms with Gasteiger partial charge in [0.25, 0.3) is 5.91 Å². The lowest BCUT2D eigenvalue weighted by atomic mass is 9.96. The number of carbonyl (C=O) groups is 1. The number of nitrogens with one attached hydrogen (secondary N) is 2. The van der Waals surface area contributed by atoms with Gasteiger partial charge in [0.15, 0.2) is 0 Å². The fourth-order valence-electron chi connectivity index (χ4n) is 2.89. The van der Waals surface area contributed by atoms with Crippen LogP contribution in [0.15, 0.2) is 0 Å². The van der Waals surface area contributed by atoms with Crippen molar-refractivity contribution >= 4 is 16.8 Å². The zero-order valence-electron chi connectivity index (χ0n) is 10.7. The number of hydrogen-bond donors (Lipinski definition) is 2. The van der Waals surface area contributed by atoms with Gasteiger partial charge in [-0.1, -0.05) is 0 Å². The third kappa shape index (κ3) is 1.26. The van der Waals surface area contributed by atoms with Gasteiger partial charge in [-0.15, -0.1) is 0 Å². The molecule has 0 fully saturated rings. The molecule has 0 atom stereocenters. The first-order valence-electron chi connectivity index (χ1n) is 6.10.